The fraction of sp³-hybridized carbons (Fsp3) is 0.0714. The molecule has 0 aliphatic heterocycles. The number of hydrazine groups is 1. The van der Waals surface area contributed by atoms with E-state index in [1.165, 1.54) is 11.2 Å². The van der Waals surface area contributed by atoms with Crippen molar-refractivity contribution in [3.63, 3.8) is 0 Å². The number of aromatic nitrogens is 1. The standard InChI is InChI=1S/C14H16N6OS2/c15-13-6-1-9(7-18-13)12(21)8-23-14(19-16)20(17)10-2-4-11(22)5-3-10/h1-7,22H,8,16-17H2,(H2,15,18)/b19-14+. The topological polar surface area (TPSA) is 124 Å². The van der Waals surface area contributed by atoms with Crippen molar-refractivity contribution < 1.29 is 4.79 Å². The van der Waals surface area contributed by atoms with Gasteiger partial charge in [-0.25, -0.2) is 10.8 Å². The molecule has 2 rings (SSSR count). The molecule has 0 amide bonds. The van der Waals surface area contributed by atoms with Crippen LogP contribution in [0.25, 0.3) is 0 Å². The summed E-state index contributed by atoms with van der Waals surface area (Å²) < 4.78 is 0. The number of nitrogens with zero attached hydrogens (tertiary/aromatic N) is 3. The van der Waals surface area contributed by atoms with Crippen molar-refractivity contribution in [3.05, 3.63) is 48.2 Å². The lowest BCUT2D eigenvalue weighted by atomic mass is 10.2. The maximum Gasteiger partial charge on any atom is 0.201 e. The predicted octanol–water partition coefficient (Wildman–Crippen LogP) is 1.48. The Labute approximate surface area is 143 Å². The summed E-state index contributed by atoms with van der Waals surface area (Å²) in [5.74, 6) is 11.7. The molecule has 2 aromatic rings. The molecule has 1 aromatic heterocycles. The highest BCUT2D eigenvalue weighted by atomic mass is 32.2. The Morgan fingerprint density at radius 3 is 2.52 bits per heavy atom. The minimum atomic E-state index is -0.122. The summed E-state index contributed by atoms with van der Waals surface area (Å²) in [6.45, 7) is 0. The van der Waals surface area contributed by atoms with Crippen LogP contribution >= 0.6 is 24.4 Å². The highest BCUT2D eigenvalue weighted by Crippen LogP contribution is 2.19. The van der Waals surface area contributed by atoms with E-state index in [2.05, 4.69) is 22.7 Å². The number of anilines is 2. The molecule has 0 saturated heterocycles. The first-order chi connectivity index (χ1) is 11.0. The highest BCUT2D eigenvalue weighted by molar-refractivity contribution is 8.14. The molecule has 0 radical (unpaired) electrons. The normalized spacial score (nSPS) is 11.3. The first kappa shape index (κ1) is 17.1. The second kappa shape index (κ2) is 7.86. The number of carbonyl (C=O) groups excluding carboxylic acids is 1. The molecule has 23 heavy (non-hydrogen) atoms. The van der Waals surface area contributed by atoms with Crippen LogP contribution in [0.4, 0.5) is 11.5 Å². The molecular weight excluding hydrogens is 332 g/mol. The number of pyridine rings is 1. The quantitative estimate of drug-likeness (QED) is 0.165. The van der Waals surface area contributed by atoms with Gasteiger partial charge in [0.05, 0.1) is 11.4 Å². The lowest BCUT2D eigenvalue weighted by molar-refractivity contribution is 0.102. The number of benzene rings is 1. The van der Waals surface area contributed by atoms with Crippen LogP contribution in [0.3, 0.4) is 0 Å². The average Bonchev–Trinajstić information content (AvgIpc) is 2.56. The molecule has 0 saturated carbocycles. The van der Waals surface area contributed by atoms with Gasteiger partial charge in [-0.15, -0.1) is 12.6 Å². The Bertz CT molecular complexity index is 702. The van der Waals surface area contributed by atoms with E-state index in [9.17, 15) is 4.79 Å². The summed E-state index contributed by atoms with van der Waals surface area (Å²) in [7, 11) is 0. The van der Waals surface area contributed by atoms with Gasteiger partial charge in [-0.3, -0.25) is 9.80 Å². The number of thiol groups is 1. The van der Waals surface area contributed by atoms with Gasteiger partial charge < -0.3 is 11.6 Å². The van der Waals surface area contributed by atoms with Gasteiger partial charge in [-0.1, -0.05) is 11.8 Å². The van der Waals surface area contributed by atoms with Crippen molar-refractivity contribution in [2.45, 2.75) is 4.90 Å². The first-order valence-corrected chi connectivity index (χ1v) is 7.94. The average molecular weight is 348 g/mol. The van der Waals surface area contributed by atoms with Crippen LogP contribution in [-0.2, 0) is 0 Å². The Morgan fingerprint density at radius 1 is 1.26 bits per heavy atom. The van der Waals surface area contributed by atoms with Gasteiger partial charge in [0.2, 0.25) is 5.17 Å². The molecular formula is C14H16N6OS2. The van der Waals surface area contributed by atoms with Crippen LogP contribution in [0.2, 0.25) is 0 Å². The summed E-state index contributed by atoms with van der Waals surface area (Å²) in [5.41, 5.74) is 6.64. The molecule has 0 atom stereocenters. The Balaban J connectivity index is 2.01. The number of thioether (sulfide) groups is 1. The van der Waals surface area contributed by atoms with Crippen molar-refractivity contribution in [2.24, 2.45) is 16.8 Å². The van der Waals surface area contributed by atoms with E-state index in [4.69, 9.17) is 17.4 Å². The molecule has 0 spiro atoms. The van der Waals surface area contributed by atoms with Crippen LogP contribution in [0, 0.1) is 0 Å². The number of hydrogen-bond acceptors (Lipinski definition) is 8. The second-order valence-electron chi connectivity index (χ2n) is 4.48. The Morgan fingerprint density at radius 2 is 1.96 bits per heavy atom. The number of rotatable bonds is 4. The second-order valence-corrected chi connectivity index (χ2v) is 5.94. The SMILES string of the molecule is N/N=C(/SCC(=O)c1ccc(N)nc1)N(N)c1ccc(S)cc1. The summed E-state index contributed by atoms with van der Waals surface area (Å²) in [5, 5.41) is 5.27. The van der Waals surface area contributed by atoms with Crippen molar-refractivity contribution in [3.8, 4) is 0 Å². The molecule has 1 aromatic carbocycles. The lowest BCUT2D eigenvalue weighted by Crippen LogP contribution is -2.36. The molecule has 0 fully saturated rings. The Kier molecular flexibility index (Phi) is 5.85. The summed E-state index contributed by atoms with van der Waals surface area (Å²) >= 11 is 5.35. The molecule has 120 valence electrons. The van der Waals surface area contributed by atoms with Crippen molar-refractivity contribution >= 4 is 46.8 Å². The van der Waals surface area contributed by atoms with Gasteiger partial charge in [0.15, 0.2) is 5.78 Å². The van der Waals surface area contributed by atoms with Crippen molar-refractivity contribution in [1.29, 1.82) is 0 Å². The predicted molar refractivity (Wildman–Crippen MR) is 97.4 cm³/mol. The zero-order chi connectivity index (χ0) is 16.8. The van der Waals surface area contributed by atoms with Gasteiger partial charge in [0.25, 0.3) is 0 Å². The fourth-order valence-electron chi connectivity index (χ4n) is 1.68. The summed E-state index contributed by atoms with van der Waals surface area (Å²) in [4.78, 5) is 16.8. The zero-order valence-corrected chi connectivity index (χ0v) is 13.8. The van der Waals surface area contributed by atoms with Gasteiger partial charge in [-0.05, 0) is 36.4 Å². The number of nitrogens with two attached hydrogens (primary N) is 3. The Hall–Kier alpha value is -2.23. The molecule has 1 heterocycles. The molecule has 7 nitrogen and oxygen atoms in total. The minimum Gasteiger partial charge on any atom is -0.384 e. The van der Waals surface area contributed by atoms with Gasteiger partial charge >= 0.3 is 0 Å². The van der Waals surface area contributed by atoms with Gasteiger partial charge in [0.1, 0.15) is 5.82 Å². The van der Waals surface area contributed by atoms with E-state index in [-0.39, 0.29) is 11.5 Å². The number of hydrazone groups is 1. The minimum absolute atomic E-state index is 0.122. The summed E-state index contributed by atoms with van der Waals surface area (Å²) in [6.07, 6.45) is 1.43. The monoisotopic (exact) mass is 348 g/mol. The molecule has 0 aliphatic rings. The van der Waals surface area contributed by atoms with E-state index in [0.717, 1.165) is 16.7 Å². The third kappa shape index (κ3) is 4.62. The lowest BCUT2D eigenvalue weighted by Gasteiger charge is -2.19. The smallest absolute Gasteiger partial charge is 0.201 e. The molecule has 0 unspecified atom stereocenters. The molecule has 0 aliphatic carbocycles. The van der Waals surface area contributed by atoms with E-state index < -0.39 is 0 Å². The van der Waals surface area contributed by atoms with E-state index in [0.29, 0.717) is 22.2 Å². The summed E-state index contributed by atoms with van der Waals surface area (Å²) in [6, 6.07) is 10.3. The molecule has 0 bridgehead atoms. The first-order valence-electron chi connectivity index (χ1n) is 6.50. The number of amidine groups is 1. The highest BCUT2D eigenvalue weighted by Gasteiger charge is 2.14. The number of carbonyl (C=O) groups is 1. The van der Waals surface area contributed by atoms with Crippen LogP contribution in [-0.4, -0.2) is 21.7 Å². The maximum absolute atomic E-state index is 12.1. The van der Waals surface area contributed by atoms with E-state index >= 15 is 0 Å². The van der Waals surface area contributed by atoms with Gasteiger partial charge in [-0.2, -0.15) is 5.10 Å². The largest absolute Gasteiger partial charge is 0.384 e. The number of Topliss-reactive ketones (excluding diaryl/α,β-unsaturated/α-hetero) is 1. The number of ketones is 1. The van der Waals surface area contributed by atoms with Crippen molar-refractivity contribution in [1.82, 2.24) is 4.98 Å². The van der Waals surface area contributed by atoms with E-state index in [1.54, 1.807) is 36.4 Å². The zero-order valence-electron chi connectivity index (χ0n) is 12.1. The third-order valence-electron chi connectivity index (χ3n) is 2.89. The number of nitrogen functional groups attached to an aromatic ring is 1. The maximum atomic E-state index is 12.1. The van der Waals surface area contributed by atoms with Gasteiger partial charge in [0, 0.05) is 16.7 Å². The van der Waals surface area contributed by atoms with Crippen LogP contribution in [0.15, 0.2) is 52.6 Å². The van der Waals surface area contributed by atoms with Crippen LogP contribution < -0.4 is 22.4 Å². The molecule has 9 heteroatoms. The number of hydrogen-bond donors (Lipinski definition) is 4. The van der Waals surface area contributed by atoms with Crippen LogP contribution in [0.5, 0.6) is 0 Å². The molecule has 6 N–H and O–H groups in total. The fourth-order valence-corrected chi connectivity index (χ4v) is 2.57. The third-order valence-corrected chi connectivity index (χ3v) is 4.15. The van der Waals surface area contributed by atoms with Crippen molar-refractivity contribution in [2.75, 3.05) is 16.5 Å². The van der Waals surface area contributed by atoms with Crippen LogP contribution in [0.1, 0.15) is 10.4 Å². The van der Waals surface area contributed by atoms with E-state index in [1.807, 2.05) is 0 Å².